The van der Waals surface area contributed by atoms with Gasteiger partial charge in [0.25, 0.3) is 0 Å². The fraction of sp³-hybridized carbons (Fsp3) is 0.357. The maximum absolute atomic E-state index is 13.9. The molecule has 0 bridgehead atoms. The second kappa shape index (κ2) is 5.35. The summed E-state index contributed by atoms with van der Waals surface area (Å²) in [6.07, 6.45) is -4.70. The molecule has 22 heavy (non-hydrogen) atoms. The molecule has 0 spiro atoms. The number of alkyl halides is 3. The second-order valence-electron chi connectivity index (χ2n) is 5.05. The first kappa shape index (κ1) is 15.0. The van der Waals surface area contributed by atoms with Crippen molar-refractivity contribution in [3.63, 3.8) is 0 Å². The van der Waals surface area contributed by atoms with E-state index >= 15 is 0 Å². The van der Waals surface area contributed by atoms with Gasteiger partial charge in [0.15, 0.2) is 5.82 Å². The van der Waals surface area contributed by atoms with Crippen molar-refractivity contribution in [2.45, 2.75) is 6.18 Å². The van der Waals surface area contributed by atoms with Gasteiger partial charge in [0.1, 0.15) is 17.0 Å². The van der Waals surface area contributed by atoms with Gasteiger partial charge in [-0.2, -0.15) is 13.2 Å². The molecule has 1 aliphatic heterocycles. The normalized spacial score (nSPS) is 16.3. The van der Waals surface area contributed by atoms with E-state index in [1.165, 1.54) is 0 Å². The van der Waals surface area contributed by atoms with Gasteiger partial charge in [0, 0.05) is 43.3 Å². The van der Waals surface area contributed by atoms with E-state index in [1.54, 1.807) is 4.90 Å². The summed E-state index contributed by atoms with van der Waals surface area (Å²) in [5, 5.41) is 3.12. The lowest BCUT2D eigenvalue weighted by molar-refractivity contribution is -0.140. The fourth-order valence-corrected chi connectivity index (χ4v) is 2.55. The van der Waals surface area contributed by atoms with E-state index in [9.17, 15) is 22.0 Å². The Hall–Kier alpha value is -1.96. The van der Waals surface area contributed by atoms with E-state index in [0.717, 1.165) is 12.1 Å². The van der Waals surface area contributed by atoms with Crippen molar-refractivity contribution in [1.82, 2.24) is 10.3 Å². The Balaban J connectivity index is 2.26. The molecule has 2 heterocycles. The van der Waals surface area contributed by atoms with E-state index in [4.69, 9.17) is 0 Å². The number of nitrogens with one attached hydrogen (secondary N) is 1. The number of nitrogens with zero attached hydrogens (tertiary/aromatic N) is 2. The number of halogens is 5. The predicted octanol–water partition coefficient (Wildman–Crippen LogP) is 2.94. The summed E-state index contributed by atoms with van der Waals surface area (Å²) < 4.78 is 66.3. The Kier molecular flexibility index (Phi) is 3.64. The molecule has 118 valence electrons. The van der Waals surface area contributed by atoms with Crippen LogP contribution in [0.5, 0.6) is 0 Å². The molecule has 0 unspecified atom stereocenters. The number of aromatic nitrogens is 1. The van der Waals surface area contributed by atoms with E-state index in [1.807, 2.05) is 0 Å². The summed E-state index contributed by atoms with van der Waals surface area (Å²) in [5.41, 5.74) is -1.50. The van der Waals surface area contributed by atoms with Crippen molar-refractivity contribution in [3.05, 3.63) is 35.5 Å². The molecular weight excluding hydrogens is 305 g/mol. The van der Waals surface area contributed by atoms with Gasteiger partial charge in [-0.1, -0.05) is 0 Å². The molecule has 1 N–H and O–H groups in total. The molecule has 1 aliphatic rings. The van der Waals surface area contributed by atoms with Crippen molar-refractivity contribution < 1.29 is 22.0 Å². The van der Waals surface area contributed by atoms with Gasteiger partial charge in [-0.3, -0.25) is 0 Å². The van der Waals surface area contributed by atoms with Gasteiger partial charge in [-0.25, -0.2) is 13.8 Å². The second-order valence-corrected chi connectivity index (χ2v) is 5.05. The van der Waals surface area contributed by atoms with Crippen LogP contribution in [0.4, 0.5) is 27.6 Å². The number of pyridine rings is 1. The molecule has 0 atom stereocenters. The first-order chi connectivity index (χ1) is 10.4. The predicted molar refractivity (Wildman–Crippen MR) is 71.7 cm³/mol. The number of anilines is 1. The SMILES string of the molecule is Fc1cc(F)c2nc(C(F)(F)F)cc(N3CCNCC3)c2c1. The first-order valence-electron chi connectivity index (χ1n) is 6.69. The Morgan fingerprint density at radius 3 is 2.36 bits per heavy atom. The highest BCUT2D eigenvalue weighted by molar-refractivity contribution is 5.92. The van der Waals surface area contributed by atoms with Crippen molar-refractivity contribution in [1.29, 1.82) is 0 Å². The maximum Gasteiger partial charge on any atom is 0.433 e. The number of fused-ring (bicyclic) bond motifs is 1. The van der Waals surface area contributed by atoms with Crippen molar-refractivity contribution in [3.8, 4) is 0 Å². The minimum Gasteiger partial charge on any atom is -0.368 e. The first-order valence-corrected chi connectivity index (χ1v) is 6.69. The molecule has 8 heteroatoms. The molecule has 1 fully saturated rings. The minimum absolute atomic E-state index is 0.0485. The van der Waals surface area contributed by atoms with Crippen LogP contribution in [0, 0.1) is 11.6 Å². The van der Waals surface area contributed by atoms with E-state index in [0.29, 0.717) is 32.2 Å². The van der Waals surface area contributed by atoms with Crippen LogP contribution in [0.1, 0.15) is 5.69 Å². The molecule has 0 radical (unpaired) electrons. The third-order valence-electron chi connectivity index (χ3n) is 3.56. The lowest BCUT2D eigenvalue weighted by Gasteiger charge is -2.30. The molecule has 1 saturated heterocycles. The van der Waals surface area contributed by atoms with Crippen LogP contribution in [0.25, 0.3) is 10.9 Å². The van der Waals surface area contributed by atoms with Gasteiger partial charge < -0.3 is 10.2 Å². The summed E-state index contributed by atoms with van der Waals surface area (Å²) in [6, 6.07) is 2.41. The largest absolute Gasteiger partial charge is 0.433 e. The van der Waals surface area contributed by atoms with Crippen LogP contribution in [0.3, 0.4) is 0 Å². The molecule has 1 aromatic heterocycles. The van der Waals surface area contributed by atoms with Crippen LogP contribution in [-0.2, 0) is 6.18 Å². The average Bonchev–Trinajstić information content (AvgIpc) is 2.46. The average molecular weight is 317 g/mol. The van der Waals surface area contributed by atoms with E-state index < -0.39 is 29.0 Å². The van der Waals surface area contributed by atoms with Gasteiger partial charge in [-0.15, -0.1) is 0 Å². The zero-order valence-corrected chi connectivity index (χ0v) is 11.3. The standard InChI is InChI=1S/C14H12F5N3/c15-8-5-9-11(22-3-1-20-2-4-22)7-12(14(17,18)19)21-13(9)10(16)6-8/h5-7,20H,1-4H2. The topological polar surface area (TPSA) is 28.2 Å². The third-order valence-corrected chi connectivity index (χ3v) is 3.56. The van der Waals surface area contributed by atoms with Gasteiger partial charge in [0.05, 0.1) is 0 Å². The van der Waals surface area contributed by atoms with Crippen molar-refractivity contribution in [2.24, 2.45) is 0 Å². The number of rotatable bonds is 1. The molecule has 2 aromatic rings. The third kappa shape index (κ3) is 2.70. The lowest BCUT2D eigenvalue weighted by atomic mass is 10.1. The number of piperazine rings is 1. The number of hydrogen-bond acceptors (Lipinski definition) is 3. The fourth-order valence-electron chi connectivity index (χ4n) is 2.55. The minimum atomic E-state index is -4.70. The Labute approximate surface area is 122 Å². The summed E-state index contributed by atoms with van der Waals surface area (Å²) in [6.45, 7) is 2.08. The highest BCUT2D eigenvalue weighted by Crippen LogP contribution is 2.35. The Morgan fingerprint density at radius 1 is 1.05 bits per heavy atom. The Morgan fingerprint density at radius 2 is 1.73 bits per heavy atom. The van der Waals surface area contributed by atoms with Crippen LogP contribution < -0.4 is 10.2 Å². The van der Waals surface area contributed by atoms with Crippen LogP contribution in [-0.4, -0.2) is 31.2 Å². The zero-order valence-electron chi connectivity index (χ0n) is 11.3. The molecular formula is C14H12F5N3. The van der Waals surface area contributed by atoms with Crippen molar-refractivity contribution in [2.75, 3.05) is 31.1 Å². The molecule has 3 nitrogen and oxygen atoms in total. The lowest BCUT2D eigenvalue weighted by Crippen LogP contribution is -2.43. The maximum atomic E-state index is 13.9. The molecule has 0 saturated carbocycles. The van der Waals surface area contributed by atoms with Gasteiger partial charge in [-0.05, 0) is 12.1 Å². The monoisotopic (exact) mass is 317 g/mol. The van der Waals surface area contributed by atoms with Crippen molar-refractivity contribution >= 4 is 16.6 Å². The smallest absolute Gasteiger partial charge is 0.368 e. The van der Waals surface area contributed by atoms with Gasteiger partial charge >= 0.3 is 6.18 Å². The quantitative estimate of drug-likeness (QED) is 0.820. The highest BCUT2D eigenvalue weighted by Gasteiger charge is 2.34. The van der Waals surface area contributed by atoms with Gasteiger partial charge in [0.2, 0.25) is 0 Å². The Bertz CT molecular complexity index is 708. The summed E-state index contributed by atoms with van der Waals surface area (Å²) >= 11 is 0. The van der Waals surface area contributed by atoms with E-state index in [-0.39, 0.29) is 11.1 Å². The van der Waals surface area contributed by atoms with Crippen LogP contribution in [0.15, 0.2) is 18.2 Å². The summed E-state index contributed by atoms with van der Waals surface area (Å²) in [7, 11) is 0. The number of hydrogen-bond donors (Lipinski definition) is 1. The number of benzene rings is 1. The summed E-state index contributed by atoms with van der Waals surface area (Å²) in [5.74, 6) is -1.94. The molecule has 0 aliphatic carbocycles. The summed E-state index contributed by atoms with van der Waals surface area (Å²) in [4.78, 5) is 5.01. The molecule has 0 amide bonds. The highest BCUT2D eigenvalue weighted by atomic mass is 19.4. The van der Waals surface area contributed by atoms with Crippen LogP contribution >= 0.6 is 0 Å². The molecule has 1 aromatic carbocycles. The van der Waals surface area contributed by atoms with Crippen LogP contribution in [0.2, 0.25) is 0 Å². The zero-order chi connectivity index (χ0) is 15.9. The van der Waals surface area contributed by atoms with E-state index in [2.05, 4.69) is 10.3 Å². The molecule has 3 rings (SSSR count).